The van der Waals surface area contributed by atoms with Gasteiger partial charge in [-0.05, 0) is 37.3 Å². The SMILES string of the molecule is Cc1ccc(S(=O)(=O)n2cc(Cl)c3cc(-c4cccc(C#C[C@]5(O)CCN(C)C5=O)c4)nc(C(=O)O)c32)cc1. The number of likely N-dealkylation sites (tertiary alicyclic amines) is 1. The number of aromatic nitrogens is 2. The van der Waals surface area contributed by atoms with Gasteiger partial charge in [0.25, 0.3) is 15.9 Å². The average Bonchev–Trinajstić information content (AvgIpc) is 3.39. The summed E-state index contributed by atoms with van der Waals surface area (Å²) in [6.07, 6.45) is 1.35. The number of carboxylic acids is 1. The number of amides is 1. The van der Waals surface area contributed by atoms with Gasteiger partial charge in [-0.1, -0.05) is 53.3 Å². The predicted molar refractivity (Wildman–Crippen MR) is 145 cm³/mol. The van der Waals surface area contributed by atoms with Crippen LogP contribution in [0.15, 0.2) is 65.7 Å². The zero-order valence-electron chi connectivity index (χ0n) is 20.8. The smallest absolute Gasteiger partial charge is 0.356 e. The topological polar surface area (TPSA) is 130 Å². The third-order valence-electron chi connectivity index (χ3n) is 6.56. The summed E-state index contributed by atoms with van der Waals surface area (Å²) >= 11 is 6.44. The molecule has 198 valence electrons. The highest BCUT2D eigenvalue weighted by Gasteiger charge is 2.42. The Balaban J connectivity index is 1.62. The molecule has 1 amide bonds. The molecule has 0 spiro atoms. The molecule has 11 heteroatoms. The molecule has 3 heterocycles. The van der Waals surface area contributed by atoms with E-state index in [4.69, 9.17) is 11.6 Å². The lowest BCUT2D eigenvalue weighted by molar-refractivity contribution is -0.137. The van der Waals surface area contributed by atoms with Crippen molar-refractivity contribution in [1.29, 1.82) is 0 Å². The first-order valence-corrected chi connectivity index (χ1v) is 13.6. The van der Waals surface area contributed by atoms with E-state index in [2.05, 4.69) is 16.8 Å². The summed E-state index contributed by atoms with van der Waals surface area (Å²) in [6, 6.07) is 14.3. The van der Waals surface area contributed by atoms with Gasteiger partial charge in [-0.2, -0.15) is 0 Å². The first-order valence-electron chi connectivity index (χ1n) is 11.8. The van der Waals surface area contributed by atoms with Crippen LogP contribution in [0.3, 0.4) is 0 Å². The summed E-state index contributed by atoms with van der Waals surface area (Å²) in [6.45, 7) is 2.22. The number of aliphatic hydroxyl groups is 1. The lowest BCUT2D eigenvalue weighted by atomic mass is 10.0. The van der Waals surface area contributed by atoms with E-state index in [0.29, 0.717) is 17.7 Å². The maximum Gasteiger partial charge on any atom is 0.356 e. The number of hydrogen-bond acceptors (Lipinski definition) is 6. The molecule has 1 fully saturated rings. The van der Waals surface area contributed by atoms with Crippen LogP contribution < -0.4 is 0 Å². The van der Waals surface area contributed by atoms with Gasteiger partial charge in [-0.25, -0.2) is 22.2 Å². The second kappa shape index (κ2) is 9.54. The number of fused-ring (bicyclic) bond motifs is 1. The summed E-state index contributed by atoms with van der Waals surface area (Å²) < 4.78 is 27.7. The molecule has 1 atom stereocenters. The Hall–Kier alpha value is -4.17. The van der Waals surface area contributed by atoms with Crippen LogP contribution in [0.2, 0.25) is 5.02 Å². The van der Waals surface area contributed by atoms with Gasteiger partial charge < -0.3 is 15.1 Å². The number of likely N-dealkylation sites (N-methyl/N-ethyl adjacent to an activating group) is 1. The van der Waals surface area contributed by atoms with E-state index in [9.17, 15) is 28.2 Å². The first-order chi connectivity index (χ1) is 18.4. The Labute approximate surface area is 229 Å². The second-order valence-electron chi connectivity index (χ2n) is 9.32. The Morgan fingerprint density at radius 2 is 1.87 bits per heavy atom. The molecule has 2 aromatic heterocycles. The zero-order valence-corrected chi connectivity index (χ0v) is 22.4. The number of carbonyl (C=O) groups excluding carboxylic acids is 1. The standard InChI is InChI=1S/C28H22ClN3O6S/c1-17-6-8-20(9-7-17)39(37,38)32-16-22(29)21-15-23(30-24(25(21)32)26(33)34)19-5-3-4-18(14-19)10-11-28(36)12-13-31(2)27(28)35/h3-9,14-16,36H,12-13H2,1-2H3,(H,33,34)/t28-/m0/s1. The molecule has 5 rings (SSSR count). The van der Waals surface area contributed by atoms with Crippen LogP contribution >= 0.6 is 11.6 Å². The minimum absolute atomic E-state index is 0.0260. The van der Waals surface area contributed by atoms with Gasteiger partial charge in [0.2, 0.25) is 5.60 Å². The number of halogens is 1. The third kappa shape index (κ3) is 4.65. The minimum Gasteiger partial charge on any atom is -0.476 e. The molecular formula is C28H22ClN3O6S. The van der Waals surface area contributed by atoms with Gasteiger partial charge in [0, 0.05) is 42.7 Å². The molecule has 0 bridgehead atoms. The molecule has 39 heavy (non-hydrogen) atoms. The maximum absolute atomic E-state index is 13.4. The Kier molecular flexibility index (Phi) is 6.47. The fourth-order valence-corrected chi connectivity index (χ4v) is 6.07. The van der Waals surface area contributed by atoms with Crippen molar-refractivity contribution < 1.29 is 28.2 Å². The molecule has 1 saturated heterocycles. The van der Waals surface area contributed by atoms with Crippen LogP contribution in [0.5, 0.6) is 0 Å². The molecule has 2 aromatic carbocycles. The van der Waals surface area contributed by atoms with E-state index < -0.39 is 33.2 Å². The van der Waals surface area contributed by atoms with Gasteiger partial charge in [0.15, 0.2) is 5.69 Å². The molecule has 0 saturated carbocycles. The number of nitrogens with zero attached hydrogens (tertiary/aromatic N) is 3. The van der Waals surface area contributed by atoms with E-state index in [1.165, 1.54) is 23.1 Å². The summed E-state index contributed by atoms with van der Waals surface area (Å²) in [4.78, 5) is 30.2. The Morgan fingerprint density at radius 1 is 1.15 bits per heavy atom. The number of benzene rings is 2. The Bertz CT molecular complexity index is 1840. The van der Waals surface area contributed by atoms with Crippen molar-refractivity contribution in [2.45, 2.75) is 23.8 Å². The number of carboxylic acid groups (broad SMARTS) is 1. The number of pyridine rings is 1. The number of carbonyl (C=O) groups is 2. The monoisotopic (exact) mass is 563 g/mol. The van der Waals surface area contributed by atoms with Crippen LogP contribution in [0.25, 0.3) is 22.2 Å². The highest BCUT2D eigenvalue weighted by Crippen LogP contribution is 2.34. The van der Waals surface area contributed by atoms with Gasteiger partial charge in [0.05, 0.1) is 21.1 Å². The van der Waals surface area contributed by atoms with Crippen LogP contribution in [-0.4, -0.2) is 63.6 Å². The highest BCUT2D eigenvalue weighted by atomic mass is 35.5. The lowest BCUT2D eigenvalue weighted by Gasteiger charge is -2.13. The summed E-state index contributed by atoms with van der Waals surface area (Å²) in [7, 11) is -2.58. The summed E-state index contributed by atoms with van der Waals surface area (Å²) in [5.41, 5.74) is -0.366. The van der Waals surface area contributed by atoms with Crippen molar-refractivity contribution in [3.63, 3.8) is 0 Å². The average molecular weight is 564 g/mol. The van der Waals surface area contributed by atoms with E-state index in [0.717, 1.165) is 15.7 Å². The molecule has 4 aromatic rings. The fourth-order valence-electron chi connectivity index (χ4n) is 4.39. The van der Waals surface area contributed by atoms with Crippen molar-refractivity contribution >= 4 is 44.4 Å². The first kappa shape index (κ1) is 26.4. The maximum atomic E-state index is 13.4. The quantitative estimate of drug-likeness (QED) is 0.363. The third-order valence-corrected chi connectivity index (χ3v) is 8.54. The number of aryl methyl sites for hydroxylation is 1. The molecule has 0 unspecified atom stereocenters. The van der Waals surface area contributed by atoms with Crippen LogP contribution in [0.4, 0.5) is 0 Å². The van der Waals surface area contributed by atoms with Crippen molar-refractivity contribution in [1.82, 2.24) is 13.9 Å². The van der Waals surface area contributed by atoms with Crippen LogP contribution in [-0.2, 0) is 14.8 Å². The van der Waals surface area contributed by atoms with Gasteiger partial charge in [-0.15, -0.1) is 0 Å². The minimum atomic E-state index is -4.18. The molecule has 0 aliphatic carbocycles. The van der Waals surface area contributed by atoms with Crippen molar-refractivity contribution in [3.05, 3.63) is 82.6 Å². The van der Waals surface area contributed by atoms with E-state index >= 15 is 0 Å². The molecule has 0 radical (unpaired) electrons. The summed E-state index contributed by atoms with van der Waals surface area (Å²) in [5, 5.41) is 20.8. The number of aromatic carboxylic acids is 1. The predicted octanol–water partition coefficient (Wildman–Crippen LogP) is 3.55. The lowest BCUT2D eigenvalue weighted by Crippen LogP contribution is -2.37. The fraction of sp³-hybridized carbons (Fsp3) is 0.179. The van der Waals surface area contributed by atoms with E-state index in [-0.39, 0.29) is 32.9 Å². The number of rotatable bonds is 4. The van der Waals surface area contributed by atoms with Gasteiger partial charge >= 0.3 is 5.97 Å². The highest BCUT2D eigenvalue weighted by molar-refractivity contribution is 7.90. The van der Waals surface area contributed by atoms with Gasteiger partial charge in [-0.3, -0.25) is 4.79 Å². The number of hydrogen-bond donors (Lipinski definition) is 2. The molecule has 9 nitrogen and oxygen atoms in total. The molecular weight excluding hydrogens is 542 g/mol. The largest absolute Gasteiger partial charge is 0.476 e. The second-order valence-corrected chi connectivity index (χ2v) is 11.5. The van der Waals surface area contributed by atoms with E-state index in [1.807, 2.05) is 6.92 Å². The zero-order chi connectivity index (χ0) is 28.1. The van der Waals surface area contributed by atoms with Crippen molar-refractivity contribution in [2.75, 3.05) is 13.6 Å². The Morgan fingerprint density at radius 3 is 2.51 bits per heavy atom. The van der Waals surface area contributed by atoms with Crippen LogP contribution in [0.1, 0.15) is 28.0 Å². The normalized spacial score (nSPS) is 17.3. The van der Waals surface area contributed by atoms with Crippen molar-refractivity contribution in [3.8, 4) is 23.1 Å². The molecule has 1 aliphatic heterocycles. The van der Waals surface area contributed by atoms with Gasteiger partial charge in [0.1, 0.15) is 0 Å². The summed E-state index contributed by atoms with van der Waals surface area (Å²) in [5.74, 6) is 3.57. The molecule has 2 N–H and O–H groups in total. The van der Waals surface area contributed by atoms with Crippen LogP contribution in [0, 0.1) is 18.8 Å². The van der Waals surface area contributed by atoms with E-state index in [1.54, 1.807) is 43.4 Å². The molecule has 1 aliphatic rings. The van der Waals surface area contributed by atoms with Crippen molar-refractivity contribution in [2.24, 2.45) is 0 Å².